The predicted molar refractivity (Wildman–Crippen MR) is 71.2 cm³/mol. The zero-order valence-corrected chi connectivity index (χ0v) is 11.9. The van der Waals surface area contributed by atoms with Gasteiger partial charge in [0.1, 0.15) is 11.6 Å². The molecule has 23 heavy (non-hydrogen) atoms. The first-order valence-electron chi connectivity index (χ1n) is 7.01. The van der Waals surface area contributed by atoms with Crippen molar-refractivity contribution in [2.75, 3.05) is 0 Å². The summed E-state index contributed by atoms with van der Waals surface area (Å²) in [6.07, 6.45) is 0.931. The van der Waals surface area contributed by atoms with Gasteiger partial charge in [-0.2, -0.15) is 8.78 Å². The first-order valence-corrected chi connectivity index (χ1v) is 7.01. The molecule has 1 aromatic rings. The van der Waals surface area contributed by atoms with Crippen LogP contribution >= 0.6 is 0 Å². The number of benzene rings is 1. The Labute approximate surface area is 129 Å². The SMILES string of the molecule is O=C(O)C12CC(C(=O)NCc3ccc(OC(F)F)cc3F)(C1)C2. The van der Waals surface area contributed by atoms with Crippen molar-refractivity contribution in [3.63, 3.8) is 0 Å². The molecule has 0 radical (unpaired) electrons. The third kappa shape index (κ3) is 2.51. The maximum atomic E-state index is 13.8. The van der Waals surface area contributed by atoms with E-state index < -0.39 is 29.2 Å². The maximum Gasteiger partial charge on any atom is 0.387 e. The number of carbonyl (C=O) groups excluding carboxylic acids is 1. The summed E-state index contributed by atoms with van der Waals surface area (Å²) < 4.78 is 41.9. The predicted octanol–water partition coefficient (Wildman–Crippen LogP) is 2.30. The summed E-state index contributed by atoms with van der Waals surface area (Å²) in [7, 11) is 0. The summed E-state index contributed by atoms with van der Waals surface area (Å²) in [5.74, 6) is -2.24. The molecular formula is C15H14F3NO4. The van der Waals surface area contributed by atoms with Gasteiger partial charge in [-0.15, -0.1) is 0 Å². The van der Waals surface area contributed by atoms with Gasteiger partial charge in [0.05, 0.1) is 10.8 Å². The molecule has 1 amide bonds. The Balaban J connectivity index is 1.55. The fourth-order valence-electron chi connectivity index (χ4n) is 3.47. The van der Waals surface area contributed by atoms with Gasteiger partial charge in [-0.1, -0.05) is 6.07 Å². The van der Waals surface area contributed by atoms with Crippen molar-refractivity contribution in [2.24, 2.45) is 10.8 Å². The van der Waals surface area contributed by atoms with Gasteiger partial charge in [-0.3, -0.25) is 9.59 Å². The summed E-state index contributed by atoms with van der Waals surface area (Å²) in [5.41, 5.74) is -1.26. The van der Waals surface area contributed by atoms with Gasteiger partial charge in [0, 0.05) is 18.2 Å². The van der Waals surface area contributed by atoms with Crippen LogP contribution in [0.5, 0.6) is 5.75 Å². The average molecular weight is 329 g/mol. The Bertz CT molecular complexity index is 657. The zero-order valence-electron chi connectivity index (χ0n) is 11.9. The second-order valence-corrected chi connectivity index (χ2v) is 6.21. The maximum absolute atomic E-state index is 13.8. The number of carbonyl (C=O) groups is 2. The summed E-state index contributed by atoms with van der Waals surface area (Å²) >= 11 is 0. The molecule has 0 atom stereocenters. The van der Waals surface area contributed by atoms with Crippen LogP contribution in [0.3, 0.4) is 0 Å². The van der Waals surface area contributed by atoms with Gasteiger partial charge in [0.15, 0.2) is 0 Å². The Morgan fingerprint density at radius 3 is 2.43 bits per heavy atom. The van der Waals surface area contributed by atoms with E-state index in [1.165, 1.54) is 12.1 Å². The number of carboxylic acid groups (broad SMARTS) is 1. The molecule has 8 heteroatoms. The molecule has 124 valence electrons. The molecule has 0 aromatic heterocycles. The second kappa shape index (κ2) is 5.14. The van der Waals surface area contributed by atoms with Crippen LogP contribution in [-0.2, 0) is 16.1 Å². The minimum atomic E-state index is -3.04. The lowest BCUT2D eigenvalue weighted by Gasteiger charge is -2.66. The molecule has 1 aromatic carbocycles. The van der Waals surface area contributed by atoms with Crippen molar-refractivity contribution in [3.05, 3.63) is 29.6 Å². The number of amides is 1. The highest BCUT2D eigenvalue weighted by atomic mass is 19.3. The summed E-state index contributed by atoms with van der Waals surface area (Å²) in [6.45, 7) is -3.13. The quantitative estimate of drug-likeness (QED) is 0.840. The Morgan fingerprint density at radius 1 is 1.26 bits per heavy atom. The molecule has 3 fully saturated rings. The topological polar surface area (TPSA) is 75.6 Å². The number of rotatable bonds is 6. The van der Waals surface area contributed by atoms with Crippen molar-refractivity contribution < 1.29 is 32.6 Å². The number of hydrogen-bond donors (Lipinski definition) is 2. The molecule has 0 saturated heterocycles. The van der Waals surface area contributed by atoms with Crippen LogP contribution in [0.4, 0.5) is 13.2 Å². The molecule has 3 saturated carbocycles. The molecular weight excluding hydrogens is 315 g/mol. The van der Waals surface area contributed by atoms with Gasteiger partial charge < -0.3 is 15.2 Å². The fraction of sp³-hybridized carbons (Fsp3) is 0.467. The van der Waals surface area contributed by atoms with E-state index in [1.54, 1.807) is 0 Å². The second-order valence-electron chi connectivity index (χ2n) is 6.21. The highest BCUT2D eigenvalue weighted by Crippen LogP contribution is 2.73. The van der Waals surface area contributed by atoms with Crippen LogP contribution in [-0.4, -0.2) is 23.6 Å². The number of hydrogen-bond acceptors (Lipinski definition) is 3. The normalized spacial score (nSPS) is 27.8. The molecule has 2 bridgehead atoms. The van der Waals surface area contributed by atoms with Crippen molar-refractivity contribution in [1.82, 2.24) is 5.32 Å². The summed E-state index contributed by atoms with van der Waals surface area (Å²) in [5, 5.41) is 11.6. The molecule has 0 unspecified atom stereocenters. The summed E-state index contributed by atoms with van der Waals surface area (Å²) in [6, 6.07) is 3.28. The van der Waals surface area contributed by atoms with E-state index >= 15 is 0 Å². The third-order valence-corrected chi connectivity index (χ3v) is 4.65. The van der Waals surface area contributed by atoms with Crippen molar-refractivity contribution >= 4 is 11.9 Å². The van der Waals surface area contributed by atoms with Crippen LogP contribution in [0.1, 0.15) is 24.8 Å². The van der Waals surface area contributed by atoms with Gasteiger partial charge in [0.25, 0.3) is 0 Å². The van der Waals surface area contributed by atoms with Gasteiger partial charge in [-0.25, -0.2) is 4.39 Å². The highest BCUT2D eigenvalue weighted by molar-refractivity contribution is 5.93. The van der Waals surface area contributed by atoms with Crippen LogP contribution in [0.2, 0.25) is 0 Å². The molecule has 3 aliphatic rings. The standard InChI is InChI=1S/C15H14F3NO4/c16-10-3-9(23-13(17)18)2-1-8(10)4-19-11(20)14-5-15(6-14,7-14)12(21)22/h1-3,13H,4-7H2,(H,19,20)(H,21,22). The average Bonchev–Trinajstić information content (AvgIpc) is 2.33. The lowest BCUT2D eigenvalue weighted by atomic mass is 9.35. The van der Waals surface area contributed by atoms with Crippen LogP contribution in [0.25, 0.3) is 0 Å². The van der Waals surface area contributed by atoms with E-state index in [9.17, 15) is 22.8 Å². The smallest absolute Gasteiger partial charge is 0.387 e. The number of carboxylic acids is 1. The first kappa shape index (κ1) is 15.6. The van der Waals surface area contributed by atoms with Gasteiger partial charge in [0.2, 0.25) is 5.91 Å². The summed E-state index contributed by atoms with van der Waals surface area (Å²) in [4.78, 5) is 23.1. The molecule has 0 heterocycles. The van der Waals surface area contributed by atoms with E-state index in [0.717, 1.165) is 6.07 Å². The van der Waals surface area contributed by atoms with E-state index in [1.807, 2.05) is 0 Å². The third-order valence-electron chi connectivity index (χ3n) is 4.65. The highest BCUT2D eigenvalue weighted by Gasteiger charge is 2.75. The Hall–Kier alpha value is -2.25. The minimum absolute atomic E-state index is 0.0958. The van der Waals surface area contributed by atoms with Crippen LogP contribution < -0.4 is 10.1 Å². The Kier molecular flexibility index (Phi) is 3.50. The fourth-order valence-corrected chi connectivity index (χ4v) is 3.47. The number of nitrogens with one attached hydrogen (secondary N) is 1. The van der Waals surface area contributed by atoms with Crippen LogP contribution in [0.15, 0.2) is 18.2 Å². The van der Waals surface area contributed by atoms with E-state index in [2.05, 4.69) is 10.1 Å². The molecule has 0 aliphatic heterocycles. The number of aliphatic carboxylic acids is 1. The minimum Gasteiger partial charge on any atom is -0.481 e. The van der Waals surface area contributed by atoms with Crippen molar-refractivity contribution in [3.8, 4) is 5.75 Å². The number of halogens is 3. The number of ether oxygens (including phenoxy) is 1. The monoisotopic (exact) mass is 329 g/mol. The number of alkyl halides is 2. The van der Waals surface area contributed by atoms with Gasteiger partial charge in [-0.05, 0) is 25.3 Å². The van der Waals surface area contributed by atoms with E-state index in [0.29, 0.717) is 19.3 Å². The molecule has 5 nitrogen and oxygen atoms in total. The van der Waals surface area contributed by atoms with Crippen molar-refractivity contribution in [2.45, 2.75) is 32.4 Å². The molecule has 4 rings (SSSR count). The lowest BCUT2D eigenvalue weighted by Crippen LogP contribution is -2.70. The zero-order chi connectivity index (χ0) is 16.8. The molecule has 2 N–H and O–H groups in total. The Morgan fingerprint density at radius 2 is 1.91 bits per heavy atom. The van der Waals surface area contributed by atoms with Crippen LogP contribution in [0, 0.1) is 16.6 Å². The van der Waals surface area contributed by atoms with Gasteiger partial charge >= 0.3 is 12.6 Å². The molecule has 0 spiro atoms. The van der Waals surface area contributed by atoms with E-state index in [-0.39, 0.29) is 23.8 Å². The van der Waals surface area contributed by atoms with Crippen molar-refractivity contribution in [1.29, 1.82) is 0 Å². The lowest BCUT2D eigenvalue weighted by molar-refractivity contribution is -0.220. The first-order chi connectivity index (χ1) is 10.8. The largest absolute Gasteiger partial charge is 0.481 e. The van der Waals surface area contributed by atoms with E-state index in [4.69, 9.17) is 5.11 Å². The molecule has 3 aliphatic carbocycles.